The highest BCUT2D eigenvalue weighted by atomic mass is 79.9. The Morgan fingerprint density at radius 1 is 1.10 bits per heavy atom. The number of carboxylic acids is 1. The summed E-state index contributed by atoms with van der Waals surface area (Å²) in [4.78, 5) is 23.0. The molecule has 0 aliphatic heterocycles. The largest absolute Gasteiger partial charge is 0.478 e. The summed E-state index contributed by atoms with van der Waals surface area (Å²) in [6.07, 6.45) is 0. The van der Waals surface area contributed by atoms with E-state index in [4.69, 9.17) is 5.11 Å². The van der Waals surface area contributed by atoms with E-state index in [1.807, 2.05) is 0 Å². The molecule has 7 heteroatoms. The predicted molar refractivity (Wildman–Crippen MR) is 75.4 cm³/mol. The standard InChI is InChI=1S/C14H8BrF2NO3/c15-10-3-1-7(5-11(10)17)13(19)18-12-4-2-8(16)6-9(12)14(20)21/h1-6H,(H,18,19)(H,20,21). The fourth-order valence-corrected chi connectivity index (χ4v) is 1.88. The first-order valence-corrected chi connectivity index (χ1v) is 6.47. The summed E-state index contributed by atoms with van der Waals surface area (Å²) in [5, 5.41) is 11.3. The lowest BCUT2D eigenvalue weighted by atomic mass is 10.1. The molecule has 0 aromatic heterocycles. The van der Waals surface area contributed by atoms with Crippen LogP contribution in [0.3, 0.4) is 0 Å². The highest BCUT2D eigenvalue weighted by Crippen LogP contribution is 2.20. The molecule has 2 rings (SSSR count). The molecule has 4 nitrogen and oxygen atoms in total. The molecule has 0 atom stereocenters. The van der Waals surface area contributed by atoms with Crippen LogP contribution in [0.4, 0.5) is 14.5 Å². The molecule has 0 saturated heterocycles. The highest BCUT2D eigenvalue weighted by molar-refractivity contribution is 9.10. The zero-order chi connectivity index (χ0) is 15.6. The van der Waals surface area contributed by atoms with Gasteiger partial charge in [0.25, 0.3) is 5.91 Å². The molecule has 0 bridgehead atoms. The smallest absolute Gasteiger partial charge is 0.337 e. The first-order valence-electron chi connectivity index (χ1n) is 5.67. The average molecular weight is 356 g/mol. The van der Waals surface area contributed by atoms with Crippen LogP contribution < -0.4 is 5.32 Å². The van der Waals surface area contributed by atoms with Crippen molar-refractivity contribution >= 4 is 33.5 Å². The summed E-state index contributed by atoms with van der Waals surface area (Å²) in [6, 6.07) is 6.67. The monoisotopic (exact) mass is 355 g/mol. The van der Waals surface area contributed by atoms with E-state index in [9.17, 15) is 18.4 Å². The molecule has 1 amide bonds. The highest BCUT2D eigenvalue weighted by Gasteiger charge is 2.15. The minimum absolute atomic E-state index is 0.0105. The van der Waals surface area contributed by atoms with Crippen molar-refractivity contribution in [3.63, 3.8) is 0 Å². The number of rotatable bonds is 3. The van der Waals surface area contributed by atoms with E-state index in [-0.39, 0.29) is 21.3 Å². The maximum Gasteiger partial charge on any atom is 0.337 e. The summed E-state index contributed by atoms with van der Waals surface area (Å²) in [6.45, 7) is 0. The van der Waals surface area contributed by atoms with Gasteiger partial charge in [-0.25, -0.2) is 13.6 Å². The minimum Gasteiger partial charge on any atom is -0.478 e. The lowest BCUT2D eigenvalue weighted by molar-refractivity contribution is 0.0697. The Hall–Kier alpha value is -2.28. The Kier molecular flexibility index (Phi) is 4.32. The molecule has 0 radical (unpaired) electrons. The number of carbonyl (C=O) groups is 2. The topological polar surface area (TPSA) is 66.4 Å². The van der Waals surface area contributed by atoms with E-state index < -0.39 is 23.5 Å². The number of hydrogen-bond acceptors (Lipinski definition) is 2. The number of nitrogens with one attached hydrogen (secondary N) is 1. The zero-order valence-electron chi connectivity index (χ0n) is 10.4. The summed E-state index contributed by atoms with van der Waals surface area (Å²) in [5.74, 6) is -3.44. The summed E-state index contributed by atoms with van der Waals surface area (Å²) < 4.78 is 26.6. The van der Waals surface area contributed by atoms with Crippen molar-refractivity contribution in [2.24, 2.45) is 0 Å². The second kappa shape index (κ2) is 6.01. The SMILES string of the molecule is O=C(Nc1ccc(F)cc1C(=O)O)c1ccc(Br)c(F)c1. The Morgan fingerprint density at radius 2 is 1.81 bits per heavy atom. The molecular formula is C14H8BrF2NO3. The van der Waals surface area contributed by atoms with Crippen LogP contribution in [-0.2, 0) is 0 Å². The maximum atomic E-state index is 13.4. The fraction of sp³-hybridized carbons (Fsp3) is 0. The molecule has 0 saturated carbocycles. The number of halogens is 3. The third kappa shape index (κ3) is 3.43. The van der Waals surface area contributed by atoms with Gasteiger partial charge in [0.15, 0.2) is 0 Å². The van der Waals surface area contributed by atoms with Crippen LogP contribution in [0.1, 0.15) is 20.7 Å². The molecule has 0 heterocycles. The molecule has 108 valence electrons. The van der Waals surface area contributed by atoms with Crippen LogP contribution in [0, 0.1) is 11.6 Å². The number of benzene rings is 2. The molecule has 0 unspecified atom stereocenters. The van der Waals surface area contributed by atoms with Gasteiger partial charge in [-0.15, -0.1) is 0 Å². The van der Waals surface area contributed by atoms with Gasteiger partial charge >= 0.3 is 5.97 Å². The van der Waals surface area contributed by atoms with Gasteiger partial charge in [0, 0.05) is 5.56 Å². The maximum absolute atomic E-state index is 13.4. The van der Waals surface area contributed by atoms with Crippen LogP contribution in [0.5, 0.6) is 0 Å². The van der Waals surface area contributed by atoms with Gasteiger partial charge in [-0.05, 0) is 52.3 Å². The van der Waals surface area contributed by atoms with Gasteiger partial charge in [0.2, 0.25) is 0 Å². The van der Waals surface area contributed by atoms with Crippen LogP contribution in [-0.4, -0.2) is 17.0 Å². The molecule has 21 heavy (non-hydrogen) atoms. The number of anilines is 1. The summed E-state index contributed by atoms with van der Waals surface area (Å²) in [7, 11) is 0. The van der Waals surface area contributed by atoms with Crippen molar-refractivity contribution in [1.29, 1.82) is 0 Å². The van der Waals surface area contributed by atoms with Gasteiger partial charge in [0.05, 0.1) is 15.7 Å². The third-order valence-electron chi connectivity index (χ3n) is 2.64. The molecule has 0 spiro atoms. The quantitative estimate of drug-likeness (QED) is 0.882. The first-order chi connectivity index (χ1) is 9.88. The Morgan fingerprint density at radius 3 is 2.43 bits per heavy atom. The Bertz CT molecular complexity index is 734. The van der Waals surface area contributed by atoms with Gasteiger partial charge in [0.1, 0.15) is 11.6 Å². The Labute approximate surface area is 126 Å². The van der Waals surface area contributed by atoms with Crippen LogP contribution in [0.25, 0.3) is 0 Å². The molecule has 0 aliphatic rings. The van der Waals surface area contributed by atoms with E-state index in [2.05, 4.69) is 21.2 Å². The summed E-state index contributed by atoms with van der Waals surface area (Å²) >= 11 is 2.96. The zero-order valence-corrected chi connectivity index (χ0v) is 11.9. The molecule has 2 aromatic carbocycles. The normalized spacial score (nSPS) is 10.2. The molecule has 0 fully saturated rings. The second-order valence-electron chi connectivity index (χ2n) is 4.08. The van der Waals surface area contributed by atoms with E-state index in [1.165, 1.54) is 12.1 Å². The second-order valence-corrected chi connectivity index (χ2v) is 4.93. The van der Waals surface area contributed by atoms with Crippen molar-refractivity contribution < 1.29 is 23.5 Å². The number of aromatic carboxylic acids is 1. The van der Waals surface area contributed by atoms with Gasteiger partial charge < -0.3 is 10.4 Å². The third-order valence-corrected chi connectivity index (χ3v) is 3.29. The average Bonchev–Trinajstić information content (AvgIpc) is 2.43. The van der Waals surface area contributed by atoms with Crippen molar-refractivity contribution in [2.45, 2.75) is 0 Å². The van der Waals surface area contributed by atoms with Crippen molar-refractivity contribution in [1.82, 2.24) is 0 Å². The predicted octanol–water partition coefficient (Wildman–Crippen LogP) is 3.68. The Balaban J connectivity index is 2.31. The van der Waals surface area contributed by atoms with Gasteiger partial charge in [-0.2, -0.15) is 0 Å². The van der Waals surface area contributed by atoms with E-state index in [0.29, 0.717) is 0 Å². The summed E-state index contributed by atoms with van der Waals surface area (Å²) in [5.41, 5.74) is -0.450. The van der Waals surface area contributed by atoms with Crippen LogP contribution in [0.15, 0.2) is 40.9 Å². The van der Waals surface area contributed by atoms with Crippen molar-refractivity contribution in [2.75, 3.05) is 5.32 Å². The van der Waals surface area contributed by atoms with Crippen molar-refractivity contribution in [3.8, 4) is 0 Å². The number of carboxylic acid groups (broad SMARTS) is 1. The van der Waals surface area contributed by atoms with Crippen molar-refractivity contribution in [3.05, 3.63) is 63.6 Å². The lowest BCUT2D eigenvalue weighted by Gasteiger charge is -2.09. The molecule has 0 aliphatic carbocycles. The van der Waals surface area contributed by atoms with E-state index in [0.717, 1.165) is 24.3 Å². The first kappa shape index (κ1) is 15.1. The molecule has 2 aromatic rings. The van der Waals surface area contributed by atoms with Gasteiger partial charge in [-0.3, -0.25) is 4.79 Å². The van der Waals surface area contributed by atoms with E-state index in [1.54, 1.807) is 0 Å². The van der Waals surface area contributed by atoms with Gasteiger partial charge in [-0.1, -0.05) is 0 Å². The molecule has 2 N–H and O–H groups in total. The fourth-order valence-electron chi connectivity index (χ4n) is 1.63. The van der Waals surface area contributed by atoms with Crippen LogP contribution in [0.2, 0.25) is 0 Å². The lowest BCUT2D eigenvalue weighted by Crippen LogP contribution is -2.15. The number of carbonyl (C=O) groups excluding carboxylic acids is 1. The molecular weight excluding hydrogens is 348 g/mol. The number of hydrogen-bond donors (Lipinski definition) is 2. The van der Waals surface area contributed by atoms with E-state index >= 15 is 0 Å². The number of amides is 1. The van der Waals surface area contributed by atoms with Crippen LogP contribution >= 0.6 is 15.9 Å². The minimum atomic E-state index is -1.38.